The van der Waals surface area contributed by atoms with E-state index in [0.29, 0.717) is 26.1 Å². The predicted molar refractivity (Wildman–Crippen MR) is 58.8 cm³/mol. The van der Waals surface area contributed by atoms with Crippen LogP contribution in [0.3, 0.4) is 0 Å². The van der Waals surface area contributed by atoms with Gasteiger partial charge in [0.15, 0.2) is 0 Å². The quantitative estimate of drug-likeness (QED) is 0.683. The van der Waals surface area contributed by atoms with Gasteiger partial charge in [-0.2, -0.15) is 5.10 Å². The first-order valence-electron chi connectivity index (χ1n) is 5.80. The number of H-pyrrole nitrogens is 1. The maximum atomic E-state index is 12.2. The molecule has 6 nitrogen and oxygen atoms in total. The number of rotatable bonds is 1. The molecule has 2 aliphatic rings. The van der Waals surface area contributed by atoms with Crippen LogP contribution >= 0.6 is 0 Å². The smallest absolute Gasteiger partial charge is 0.228 e. The van der Waals surface area contributed by atoms with E-state index in [0.717, 1.165) is 17.7 Å². The van der Waals surface area contributed by atoms with Crippen molar-refractivity contribution in [1.82, 2.24) is 20.4 Å². The van der Waals surface area contributed by atoms with Crippen molar-refractivity contribution >= 4 is 11.8 Å². The Bertz CT molecular complexity index is 468. The summed E-state index contributed by atoms with van der Waals surface area (Å²) in [5.41, 5.74) is 2.21. The molecular formula is C11H14N4O2. The van der Waals surface area contributed by atoms with Gasteiger partial charge in [0, 0.05) is 43.7 Å². The first-order chi connectivity index (χ1) is 8.24. The molecule has 1 saturated heterocycles. The van der Waals surface area contributed by atoms with E-state index in [2.05, 4.69) is 15.5 Å². The summed E-state index contributed by atoms with van der Waals surface area (Å²) in [5, 5.41) is 9.62. The van der Waals surface area contributed by atoms with Gasteiger partial charge in [0.1, 0.15) is 0 Å². The highest BCUT2D eigenvalue weighted by Gasteiger charge is 2.32. The minimum atomic E-state index is -0.184. The Morgan fingerprint density at radius 2 is 2.41 bits per heavy atom. The number of amides is 2. The average molecular weight is 234 g/mol. The summed E-state index contributed by atoms with van der Waals surface area (Å²) in [6, 6.07) is 0. The van der Waals surface area contributed by atoms with Gasteiger partial charge in [0.05, 0.1) is 12.1 Å². The monoisotopic (exact) mass is 234 g/mol. The van der Waals surface area contributed by atoms with Crippen LogP contribution in [0.1, 0.15) is 17.7 Å². The van der Waals surface area contributed by atoms with Crippen molar-refractivity contribution in [2.45, 2.75) is 19.4 Å². The van der Waals surface area contributed by atoms with Crippen molar-refractivity contribution in [1.29, 1.82) is 0 Å². The maximum Gasteiger partial charge on any atom is 0.228 e. The summed E-state index contributed by atoms with van der Waals surface area (Å²) in [5.74, 6) is -0.129. The van der Waals surface area contributed by atoms with Crippen LogP contribution in [-0.4, -0.2) is 40.0 Å². The SMILES string of the molecule is O=C1CC(C(=O)N2CCc3[nH]ncc3C2)CN1. The Balaban J connectivity index is 1.70. The summed E-state index contributed by atoms with van der Waals surface area (Å²) >= 11 is 0. The normalized spacial score (nSPS) is 23.4. The lowest BCUT2D eigenvalue weighted by atomic mass is 10.0. The second-order valence-electron chi connectivity index (χ2n) is 4.59. The Morgan fingerprint density at radius 1 is 1.53 bits per heavy atom. The minimum Gasteiger partial charge on any atom is -0.355 e. The number of carbonyl (C=O) groups is 2. The van der Waals surface area contributed by atoms with E-state index in [4.69, 9.17) is 0 Å². The van der Waals surface area contributed by atoms with Gasteiger partial charge >= 0.3 is 0 Å². The first-order valence-corrected chi connectivity index (χ1v) is 5.80. The van der Waals surface area contributed by atoms with E-state index in [1.165, 1.54) is 0 Å². The number of fused-ring (bicyclic) bond motifs is 1. The highest BCUT2D eigenvalue weighted by atomic mass is 16.2. The molecule has 1 atom stereocenters. The molecule has 3 rings (SSSR count). The van der Waals surface area contributed by atoms with Crippen LogP contribution in [0.2, 0.25) is 0 Å². The number of hydrogen-bond acceptors (Lipinski definition) is 3. The van der Waals surface area contributed by atoms with Gasteiger partial charge in [-0.25, -0.2) is 0 Å². The Labute approximate surface area is 98.4 Å². The lowest BCUT2D eigenvalue weighted by Crippen LogP contribution is -2.40. The lowest BCUT2D eigenvalue weighted by molar-refractivity contribution is -0.136. The van der Waals surface area contributed by atoms with Crippen molar-refractivity contribution in [3.8, 4) is 0 Å². The molecule has 2 aliphatic heterocycles. The summed E-state index contributed by atoms with van der Waals surface area (Å²) in [7, 11) is 0. The predicted octanol–water partition coefficient (Wildman–Crippen LogP) is -0.569. The standard InChI is InChI=1S/C11H14N4O2/c16-10-3-7(4-12-10)11(17)15-2-1-9-8(6-15)5-13-14-9/h5,7H,1-4,6H2,(H,12,16)(H,13,14). The van der Waals surface area contributed by atoms with E-state index in [-0.39, 0.29) is 17.7 Å². The molecule has 1 fully saturated rings. The third kappa shape index (κ3) is 1.79. The van der Waals surface area contributed by atoms with E-state index < -0.39 is 0 Å². The number of carbonyl (C=O) groups excluding carboxylic acids is 2. The zero-order valence-corrected chi connectivity index (χ0v) is 9.40. The van der Waals surface area contributed by atoms with Crippen LogP contribution in [0.25, 0.3) is 0 Å². The molecule has 0 saturated carbocycles. The minimum absolute atomic E-state index is 0.0237. The molecule has 0 aliphatic carbocycles. The van der Waals surface area contributed by atoms with Crippen LogP contribution in [0.15, 0.2) is 6.20 Å². The second-order valence-corrected chi connectivity index (χ2v) is 4.59. The van der Waals surface area contributed by atoms with Gasteiger partial charge in [-0.3, -0.25) is 14.7 Å². The summed E-state index contributed by atoms with van der Waals surface area (Å²) in [4.78, 5) is 25.1. The van der Waals surface area contributed by atoms with E-state index in [1.807, 2.05) is 4.90 Å². The first kappa shape index (κ1) is 10.3. The Hall–Kier alpha value is -1.85. The topological polar surface area (TPSA) is 78.1 Å². The van der Waals surface area contributed by atoms with Crippen LogP contribution < -0.4 is 5.32 Å². The molecule has 0 aromatic carbocycles. The van der Waals surface area contributed by atoms with E-state index >= 15 is 0 Å². The molecule has 2 N–H and O–H groups in total. The fourth-order valence-corrected chi connectivity index (χ4v) is 2.45. The molecule has 2 amide bonds. The maximum absolute atomic E-state index is 12.2. The van der Waals surface area contributed by atoms with Gasteiger partial charge in [0.2, 0.25) is 11.8 Å². The van der Waals surface area contributed by atoms with Crippen LogP contribution in [0, 0.1) is 5.92 Å². The van der Waals surface area contributed by atoms with Gasteiger partial charge < -0.3 is 10.2 Å². The average Bonchev–Trinajstić information content (AvgIpc) is 2.95. The zero-order chi connectivity index (χ0) is 11.8. The van der Waals surface area contributed by atoms with E-state index in [1.54, 1.807) is 6.20 Å². The Morgan fingerprint density at radius 3 is 3.18 bits per heavy atom. The molecule has 0 radical (unpaired) electrons. The van der Waals surface area contributed by atoms with Gasteiger partial charge in [-0.1, -0.05) is 0 Å². The molecular weight excluding hydrogens is 220 g/mol. The van der Waals surface area contributed by atoms with E-state index in [9.17, 15) is 9.59 Å². The number of aromatic amines is 1. The number of nitrogens with one attached hydrogen (secondary N) is 2. The molecule has 0 spiro atoms. The molecule has 1 aromatic rings. The van der Waals surface area contributed by atoms with Gasteiger partial charge in [0.25, 0.3) is 0 Å². The fraction of sp³-hybridized carbons (Fsp3) is 0.545. The highest BCUT2D eigenvalue weighted by molar-refractivity contribution is 5.89. The second kappa shape index (κ2) is 3.87. The van der Waals surface area contributed by atoms with Crippen molar-refractivity contribution in [2.24, 2.45) is 5.92 Å². The lowest BCUT2D eigenvalue weighted by Gasteiger charge is -2.28. The summed E-state index contributed by atoms with van der Waals surface area (Å²) in [6.45, 7) is 1.79. The van der Waals surface area contributed by atoms with Crippen molar-refractivity contribution in [2.75, 3.05) is 13.1 Å². The molecule has 1 aromatic heterocycles. The van der Waals surface area contributed by atoms with Crippen molar-refractivity contribution < 1.29 is 9.59 Å². The largest absolute Gasteiger partial charge is 0.355 e. The third-order valence-electron chi connectivity index (χ3n) is 3.44. The van der Waals surface area contributed by atoms with Gasteiger partial charge in [-0.05, 0) is 0 Å². The number of hydrogen-bond donors (Lipinski definition) is 2. The fourth-order valence-electron chi connectivity index (χ4n) is 2.45. The summed E-state index contributed by atoms with van der Waals surface area (Å²) < 4.78 is 0. The number of nitrogens with zero attached hydrogens (tertiary/aromatic N) is 2. The highest BCUT2D eigenvalue weighted by Crippen LogP contribution is 2.20. The molecule has 17 heavy (non-hydrogen) atoms. The van der Waals surface area contributed by atoms with Crippen LogP contribution in [-0.2, 0) is 22.6 Å². The van der Waals surface area contributed by atoms with Crippen LogP contribution in [0.5, 0.6) is 0 Å². The summed E-state index contributed by atoms with van der Waals surface area (Å²) in [6.07, 6.45) is 2.91. The molecule has 90 valence electrons. The van der Waals surface area contributed by atoms with Crippen molar-refractivity contribution in [3.05, 3.63) is 17.5 Å². The third-order valence-corrected chi connectivity index (χ3v) is 3.44. The Kier molecular flexibility index (Phi) is 2.35. The molecule has 6 heteroatoms. The van der Waals surface area contributed by atoms with Crippen molar-refractivity contribution in [3.63, 3.8) is 0 Å². The molecule has 3 heterocycles. The molecule has 1 unspecified atom stereocenters. The van der Waals surface area contributed by atoms with Gasteiger partial charge in [-0.15, -0.1) is 0 Å². The van der Waals surface area contributed by atoms with Crippen LogP contribution in [0.4, 0.5) is 0 Å². The number of aromatic nitrogens is 2. The zero-order valence-electron chi connectivity index (χ0n) is 9.40. The molecule has 0 bridgehead atoms.